The normalized spacial score (nSPS) is 19.9. The molecule has 1 heterocycles. The molecule has 398 valence electrons. The number of carbonyl (C=O) groups excluding carboxylic acids is 1. The number of hydrogen-bond acceptors (Lipinski definition) is 10. The van der Waals surface area contributed by atoms with E-state index in [4.69, 9.17) is 9.47 Å². The van der Waals surface area contributed by atoms with Gasteiger partial charge in [-0.2, -0.15) is 8.42 Å². The van der Waals surface area contributed by atoms with Gasteiger partial charge in [0.2, 0.25) is 5.91 Å². The number of unbranched alkanes of at least 4 members (excludes halogenated alkanes) is 35. The van der Waals surface area contributed by atoms with Crippen molar-refractivity contribution < 1.29 is 51.8 Å². The van der Waals surface area contributed by atoms with E-state index in [1.807, 2.05) is 0 Å². The van der Waals surface area contributed by atoms with E-state index in [1.165, 1.54) is 186 Å². The van der Waals surface area contributed by atoms with Gasteiger partial charge in [0, 0.05) is 6.42 Å². The Kier molecular flexibility index (Phi) is 42.7. The van der Waals surface area contributed by atoms with Crippen LogP contribution in [0, 0.1) is 0 Å². The first kappa shape index (κ1) is 63.9. The van der Waals surface area contributed by atoms with Gasteiger partial charge in [0.05, 0.1) is 25.4 Å². The van der Waals surface area contributed by atoms with Crippen LogP contribution in [-0.4, -0.2) is 95.4 Å². The molecule has 0 aromatic rings. The van der Waals surface area contributed by atoms with E-state index in [1.54, 1.807) is 0 Å². The first-order valence-corrected chi connectivity index (χ1v) is 29.4. The summed E-state index contributed by atoms with van der Waals surface area (Å²) in [5, 5.41) is 45.1. The Balaban J connectivity index is 2.34. The van der Waals surface area contributed by atoms with Crippen molar-refractivity contribution >= 4 is 16.3 Å². The zero-order chi connectivity index (χ0) is 49.1. The fourth-order valence-electron chi connectivity index (χ4n) is 9.22. The van der Waals surface area contributed by atoms with Crippen LogP contribution >= 0.6 is 0 Å². The molecule has 1 aliphatic rings. The molecule has 1 rings (SSSR count). The summed E-state index contributed by atoms with van der Waals surface area (Å²) in [5.41, 5.74) is 0. The van der Waals surface area contributed by atoms with E-state index in [2.05, 4.69) is 35.5 Å². The number of hydrogen-bond donors (Lipinski definition) is 6. The highest BCUT2D eigenvalue weighted by Gasteiger charge is 2.48. The van der Waals surface area contributed by atoms with Crippen molar-refractivity contribution in [3.05, 3.63) is 12.2 Å². The zero-order valence-corrected chi connectivity index (χ0v) is 43.8. The second kappa shape index (κ2) is 44.8. The van der Waals surface area contributed by atoms with Crippen LogP contribution in [0.15, 0.2) is 12.2 Å². The Morgan fingerprint density at radius 2 is 0.955 bits per heavy atom. The van der Waals surface area contributed by atoms with Gasteiger partial charge in [-0.1, -0.05) is 238 Å². The van der Waals surface area contributed by atoms with Crippen molar-refractivity contribution in [1.82, 2.24) is 5.32 Å². The number of ether oxygens (including phenoxy) is 2. The van der Waals surface area contributed by atoms with E-state index >= 15 is 0 Å². The molecule has 0 spiro atoms. The number of rotatable bonds is 49. The van der Waals surface area contributed by atoms with Crippen LogP contribution in [0.3, 0.4) is 0 Å². The lowest BCUT2D eigenvalue weighted by Gasteiger charge is -2.41. The van der Waals surface area contributed by atoms with E-state index in [-0.39, 0.29) is 18.9 Å². The molecule has 1 aliphatic heterocycles. The van der Waals surface area contributed by atoms with Crippen molar-refractivity contribution in [3.8, 4) is 0 Å². The first-order chi connectivity index (χ1) is 32.5. The third-order valence-corrected chi connectivity index (χ3v) is 14.0. The molecule has 0 radical (unpaired) electrons. The maximum Gasteiger partial charge on any atom is 0.397 e. The molecule has 12 nitrogen and oxygen atoms in total. The van der Waals surface area contributed by atoms with Crippen molar-refractivity contribution in [2.45, 2.75) is 314 Å². The van der Waals surface area contributed by atoms with Crippen LogP contribution in [-0.2, 0) is 28.9 Å². The molecule has 0 bridgehead atoms. The molecule has 7 unspecified atom stereocenters. The van der Waals surface area contributed by atoms with E-state index in [0.717, 1.165) is 51.4 Å². The lowest BCUT2D eigenvalue weighted by molar-refractivity contribution is -0.298. The van der Waals surface area contributed by atoms with Crippen molar-refractivity contribution in [3.63, 3.8) is 0 Å². The second-order valence-corrected chi connectivity index (χ2v) is 20.9. The Hall–Kier alpha value is -1.16. The second-order valence-electron chi connectivity index (χ2n) is 19.9. The summed E-state index contributed by atoms with van der Waals surface area (Å²) in [6, 6.07) is -0.858. The van der Waals surface area contributed by atoms with Crippen LogP contribution < -0.4 is 5.32 Å². The van der Waals surface area contributed by atoms with E-state index < -0.39 is 59.9 Å². The van der Waals surface area contributed by atoms with Gasteiger partial charge in [0.1, 0.15) is 24.4 Å². The summed E-state index contributed by atoms with van der Waals surface area (Å²) in [7, 11) is -5.08. The molecule has 7 atom stereocenters. The van der Waals surface area contributed by atoms with Gasteiger partial charge in [-0.25, -0.2) is 4.18 Å². The van der Waals surface area contributed by atoms with Crippen LogP contribution in [0.25, 0.3) is 0 Å². The molecule has 0 saturated carbocycles. The molecule has 0 aromatic heterocycles. The molecule has 67 heavy (non-hydrogen) atoms. The molecular weight excluding hydrogens is 871 g/mol. The van der Waals surface area contributed by atoms with E-state index in [9.17, 15) is 38.2 Å². The highest BCUT2D eigenvalue weighted by Crippen LogP contribution is 2.26. The quantitative estimate of drug-likeness (QED) is 0.0193. The molecule has 13 heteroatoms. The average molecular weight is 976 g/mol. The topological polar surface area (TPSA) is 192 Å². The van der Waals surface area contributed by atoms with Crippen LogP contribution in [0.1, 0.15) is 271 Å². The number of aliphatic hydroxyl groups excluding tert-OH is 4. The summed E-state index contributed by atoms with van der Waals surface area (Å²) in [6.45, 7) is 3.47. The third kappa shape index (κ3) is 37.3. The molecule has 0 aliphatic carbocycles. The summed E-state index contributed by atoms with van der Waals surface area (Å²) in [5.74, 6) is -0.231. The first-order valence-electron chi connectivity index (χ1n) is 28.1. The minimum Gasteiger partial charge on any atom is -0.394 e. The number of nitrogens with one attached hydrogen (secondary N) is 1. The molecule has 1 saturated heterocycles. The summed E-state index contributed by atoms with van der Waals surface area (Å²) in [4.78, 5) is 13.1. The largest absolute Gasteiger partial charge is 0.397 e. The van der Waals surface area contributed by atoms with Crippen molar-refractivity contribution in [1.29, 1.82) is 0 Å². The Labute approximate surface area is 410 Å². The lowest BCUT2D eigenvalue weighted by Crippen LogP contribution is -2.61. The number of amides is 1. The van der Waals surface area contributed by atoms with Gasteiger partial charge in [-0.3, -0.25) is 9.35 Å². The Morgan fingerprint density at radius 3 is 1.36 bits per heavy atom. The predicted molar refractivity (Wildman–Crippen MR) is 273 cm³/mol. The minimum absolute atomic E-state index is 0.231. The SMILES string of the molecule is CCCCCC/C=C\CCCCCCCCCC(=O)NC(COC1OC(CO)C(O)C(OS(=O)(=O)O)C1O)C(O)CCCCCCCCCCCCCCCCCCCCCCCCCCC. The maximum atomic E-state index is 13.1. The smallest absolute Gasteiger partial charge is 0.394 e. The van der Waals surface area contributed by atoms with Crippen LogP contribution in [0.4, 0.5) is 0 Å². The average Bonchev–Trinajstić information content (AvgIpc) is 3.30. The fraction of sp³-hybridized carbons (Fsp3) is 0.944. The van der Waals surface area contributed by atoms with Gasteiger partial charge in [-0.05, 0) is 38.5 Å². The lowest BCUT2D eigenvalue weighted by atomic mass is 9.99. The van der Waals surface area contributed by atoms with Crippen LogP contribution in [0.2, 0.25) is 0 Å². The standard InChI is InChI=1S/C54H105NO11S/c1-3-5-7-9-11-13-15-17-19-20-21-22-23-24-25-26-27-28-30-31-33-35-37-39-41-43-48(57)47(46-64-54-52(60)53(66-67(61,62)63)51(59)49(45-56)65-54)55-50(58)44-42-40-38-36-34-32-29-18-16-14-12-10-8-6-4-2/h14,16,47-49,51-54,56-57,59-60H,3-13,15,17-46H2,1-2H3,(H,55,58)(H,61,62,63)/b16-14-. The monoisotopic (exact) mass is 976 g/mol. The fourth-order valence-corrected chi connectivity index (χ4v) is 9.73. The number of allylic oxidation sites excluding steroid dienone is 2. The molecule has 6 N–H and O–H groups in total. The third-order valence-electron chi connectivity index (χ3n) is 13.6. The highest BCUT2D eigenvalue weighted by molar-refractivity contribution is 7.80. The number of aliphatic hydroxyl groups is 4. The molecular formula is C54H105NO11S. The Bertz CT molecular complexity index is 1240. The van der Waals surface area contributed by atoms with Gasteiger partial charge in [-0.15, -0.1) is 0 Å². The van der Waals surface area contributed by atoms with E-state index in [0.29, 0.717) is 12.8 Å². The number of carbonyl (C=O) groups is 1. The Morgan fingerprint density at radius 1 is 0.582 bits per heavy atom. The highest BCUT2D eigenvalue weighted by atomic mass is 32.3. The molecule has 1 amide bonds. The summed E-state index contributed by atoms with van der Waals surface area (Å²) >= 11 is 0. The summed E-state index contributed by atoms with van der Waals surface area (Å²) < 4.78 is 47.9. The van der Waals surface area contributed by atoms with Gasteiger partial charge in [0.15, 0.2) is 6.29 Å². The van der Waals surface area contributed by atoms with Crippen molar-refractivity contribution in [2.24, 2.45) is 0 Å². The summed E-state index contributed by atoms with van der Waals surface area (Å²) in [6.07, 6.45) is 43.6. The van der Waals surface area contributed by atoms with Crippen molar-refractivity contribution in [2.75, 3.05) is 13.2 Å². The van der Waals surface area contributed by atoms with Gasteiger partial charge >= 0.3 is 10.4 Å². The van der Waals surface area contributed by atoms with Gasteiger partial charge in [0.25, 0.3) is 0 Å². The van der Waals surface area contributed by atoms with Crippen LogP contribution in [0.5, 0.6) is 0 Å². The minimum atomic E-state index is -5.08. The molecule has 0 aromatic carbocycles. The maximum absolute atomic E-state index is 13.1. The molecule has 1 fully saturated rings. The zero-order valence-electron chi connectivity index (χ0n) is 43.0. The van der Waals surface area contributed by atoms with Gasteiger partial charge < -0.3 is 35.2 Å². The predicted octanol–water partition coefficient (Wildman–Crippen LogP) is 12.7.